The minimum absolute atomic E-state index is 0.645. The van der Waals surface area contributed by atoms with Crippen LogP contribution in [0.3, 0.4) is 0 Å². The molecule has 0 aromatic heterocycles. The monoisotopic (exact) mass is 244 g/mol. The number of benzene rings is 1. The summed E-state index contributed by atoms with van der Waals surface area (Å²) in [5.74, 6) is 2.58. The molecule has 2 rings (SSSR count). The first kappa shape index (κ1) is 12.9. The van der Waals surface area contributed by atoms with E-state index < -0.39 is 0 Å². The van der Waals surface area contributed by atoms with E-state index >= 15 is 0 Å². The van der Waals surface area contributed by atoms with Gasteiger partial charge in [-0.25, -0.2) is 0 Å². The molecule has 96 valence electrons. The minimum atomic E-state index is 0.645. The number of nitrogens with zero attached hydrogens (tertiary/aromatic N) is 1. The van der Waals surface area contributed by atoms with Crippen LogP contribution in [0.25, 0.3) is 0 Å². The van der Waals surface area contributed by atoms with Crippen LogP contribution >= 0.6 is 0 Å². The highest BCUT2D eigenvalue weighted by atomic mass is 16.5. The van der Waals surface area contributed by atoms with Gasteiger partial charge in [-0.3, -0.25) is 0 Å². The third kappa shape index (κ3) is 3.76. The van der Waals surface area contributed by atoms with Crippen LogP contribution in [0.4, 0.5) is 5.69 Å². The first-order valence-corrected chi connectivity index (χ1v) is 6.46. The zero-order valence-corrected chi connectivity index (χ0v) is 10.7. The van der Waals surface area contributed by atoms with Crippen LogP contribution in [-0.4, -0.2) is 39.4 Å². The van der Waals surface area contributed by atoms with E-state index in [0.717, 1.165) is 39.3 Å². The Morgan fingerprint density at radius 1 is 1.22 bits per heavy atom. The average Bonchev–Trinajstić information content (AvgIpc) is 2.45. The van der Waals surface area contributed by atoms with E-state index in [2.05, 4.69) is 40.4 Å². The lowest BCUT2D eigenvalue weighted by molar-refractivity contribution is 0.122. The van der Waals surface area contributed by atoms with Crippen LogP contribution in [-0.2, 0) is 11.2 Å². The molecule has 1 aliphatic heterocycles. The van der Waals surface area contributed by atoms with Crippen molar-refractivity contribution in [1.29, 1.82) is 0 Å². The Hall–Kier alpha value is -1.50. The van der Waals surface area contributed by atoms with Crippen molar-refractivity contribution in [1.82, 2.24) is 5.32 Å². The van der Waals surface area contributed by atoms with Gasteiger partial charge in [0.05, 0.1) is 19.8 Å². The Balaban J connectivity index is 1.83. The zero-order chi connectivity index (χ0) is 12.6. The van der Waals surface area contributed by atoms with Gasteiger partial charge in [-0.05, 0) is 24.1 Å². The fourth-order valence-corrected chi connectivity index (χ4v) is 2.09. The van der Waals surface area contributed by atoms with Crippen molar-refractivity contribution in [2.75, 3.05) is 44.3 Å². The molecule has 3 heteroatoms. The van der Waals surface area contributed by atoms with Gasteiger partial charge in [-0.1, -0.05) is 18.1 Å². The molecular formula is C15H20N2O. The lowest BCUT2D eigenvalue weighted by Crippen LogP contribution is -2.36. The van der Waals surface area contributed by atoms with E-state index in [-0.39, 0.29) is 0 Å². The SMILES string of the molecule is C#CCNCCc1ccc(N2CCOCC2)cc1. The van der Waals surface area contributed by atoms with Crippen LogP contribution in [0.15, 0.2) is 24.3 Å². The summed E-state index contributed by atoms with van der Waals surface area (Å²) in [6.45, 7) is 5.22. The van der Waals surface area contributed by atoms with Crippen LogP contribution in [0, 0.1) is 12.3 Å². The first-order chi connectivity index (χ1) is 8.90. The second-order valence-electron chi connectivity index (χ2n) is 4.40. The van der Waals surface area contributed by atoms with Gasteiger partial charge in [0.25, 0.3) is 0 Å². The fraction of sp³-hybridized carbons (Fsp3) is 0.467. The highest BCUT2D eigenvalue weighted by molar-refractivity contribution is 5.47. The van der Waals surface area contributed by atoms with Gasteiger partial charge < -0.3 is 15.0 Å². The minimum Gasteiger partial charge on any atom is -0.378 e. The summed E-state index contributed by atoms with van der Waals surface area (Å²) in [5, 5.41) is 3.20. The predicted octanol–water partition coefficient (Wildman–Crippen LogP) is 1.29. The molecule has 1 aromatic rings. The Morgan fingerprint density at radius 2 is 1.94 bits per heavy atom. The normalized spacial score (nSPS) is 15.4. The molecule has 1 N–H and O–H groups in total. The van der Waals surface area contributed by atoms with Crippen molar-refractivity contribution in [3.63, 3.8) is 0 Å². The number of anilines is 1. The summed E-state index contributed by atoms with van der Waals surface area (Å²) >= 11 is 0. The maximum absolute atomic E-state index is 5.35. The van der Waals surface area contributed by atoms with Crippen LogP contribution in [0.2, 0.25) is 0 Å². The van der Waals surface area contributed by atoms with Gasteiger partial charge in [-0.15, -0.1) is 6.42 Å². The van der Waals surface area contributed by atoms with Gasteiger partial charge in [0.15, 0.2) is 0 Å². The number of rotatable bonds is 5. The number of morpholine rings is 1. The van der Waals surface area contributed by atoms with E-state index in [1.165, 1.54) is 11.3 Å². The van der Waals surface area contributed by atoms with E-state index in [1.54, 1.807) is 0 Å². The Bertz CT molecular complexity index is 388. The molecule has 0 saturated carbocycles. The fourth-order valence-electron chi connectivity index (χ4n) is 2.09. The molecule has 0 spiro atoms. The molecule has 1 fully saturated rings. The van der Waals surface area contributed by atoms with Crippen molar-refractivity contribution < 1.29 is 4.74 Å². The van der Waals surface area contributed by atoms with Crippen molar-refractivity contribution in [3.8, 4) is 12.3 Å². The summed E-state index contributed by atoms with van der Waals surface area (Å²) in [4.78, 5) is 2.36. The van der Waals surface area contributed by atoms with E-state index in [0.29, 0.717) is 6.54 Å². The quantitative estimate of drug-likeness (QED) is 0.624. The zero-order valence-electron chi connectivity index (χ0n) is 10.7. The van der Waals surface area contributed by atoms with Crippen molar-refractivity contribution in [2.24, 2.45) is 0 Å². The molecule has 0 unspecified atom stereocenters. The van der Waals surface area contributed by atoms with E-state index in [1.807, 2.05) is 0 Å². The van der Waals surface area contributed by atoms with Gasteiger partial charge >= 0.3 is 0 Å². The Kier molecular flexibility index (Phi) is 5.07. The lowest BCUT2D eigenvalue weighted by Gasteiger charge is -2.28. The van der Waals surface area contributed by atoms with Crippen LogP contribution < -0.4 is 10.2 Å². The molecule has 0 bridgehead atoms. The Morgan fingerprint density at radius 3 is 2.61 bits per heavy atom. The topological polar surface area (TPSA) is 24.5 Å². The van der Waals surface area contributed by atoms with E-state index in [4.69, 9.17) is 11.2 Å². The molecule has 1 aromatic carbocycles. The predicted molar refractivity (Wildman–Crippen MR) is 74.9 cm³/mol. The van der Waals surface area contributed by atoms with Gasteiger partial charge in [-0.2, -0.15) is 0 Å². The number of nitrogens with one attached hydrogen (secondary N) is 1. The lowest BCUT2D eigenvalue weighted by atomic mass is 10.1. The average molecular weight is 244 g/mol. The number of hydrogen-bond acceptors (Lipinski definition) is 3. The second-order valence-corrected chi connectivity index (χ2v) is 4.40. The molecule has 0 aliphatic carbocycles. The molecule has 3 nitrogen and oxygen atoms in total. The standard InChI is InChI=1S/C15H20N2O/c1-2-8-16-9-7-14-3-5-15(6-4-14)17-10-12-18-13-11-17/h1,3-6,16H,7-13H2. The highest BCUT2D eigenvalue weighted by Gasteiger charge is 2.10. The van der Waals surface area contributed by atoms with E-state index in [9.17, 15) is 0 Å². The summed E-state index contributed by atoms with van der Waals surface area (Å²) in [6.07, 6.45) is 6.20. The molecule has 0 amide bonds. The van der Waals surface area contributed by atoms with Crippen LogP contribution in [0.5, 0.6) is 0 Å². The summed E-state index contributed by atoms with van der Waals surface area (Å²) in [6, 6.07) is 8.79. The largest absolute Gasteiger partial charge is 0.378 e. The molecule has 0 atom stereocenters. The summed E-state index contributed by atoms with van der Waals surface area (Å²) in [7, 11) is 0. The third-order valence-electron chi connectivity index (χ3n) is 3.13. The molecular weight excluding hydrogens is 224 g/mol. The molecule has 1 saturated heterocycles. The first-order valence-electron chi connectivity index (χ1n) is 6.46. The number of hydrogen-bond donors (Lipinski definition) is 1. The molecule has 1 heterocycles. The third-order valence-corrected chi connectivity index (χ3v) is 3.13. The van der Waals surface area contributed by atoms with Gasteiger partial charge in [0.2, 0.25) is 0 Å². The maximum atomic E-state index is 5.35. The number of ether oxygens (including phenoxy) is 1. The molecule has 1 aliphatic rings. The van der Waals surface area contributed by atoms with Gasteiger partial charge in [0, 0.05) is 25.3 Å². The molecule has 18 heavy (non-hydrogen) atoms. The van der Waals surface area contributed by atoms with Crippen molar-refractivity contribution >= 4 is 5.69 Å². The second kappa shape index (κ2) is 7.05. The van der Waals surface area contributed by atoms with Crippen molar-refractivity contribution in [3.05, 3.63) is 29.8 Å². The summed E-state index contributed by atoms with van der Waals surface area (Å²) in [5.41, 5.74) is 2.63. The number of terminal acetylenes is 1. The van der Waals surface area contributed by atoms with Crippen molar-refractivity contribution in [2.45, 2.75) is 6.42 Å². The van der Waals surface area contributed by atoms with Gasteiger partial charge in [0.1, 0.15) is 0 Å². The smallest absolute Gasteiger partial charge is 0.0642 e. The summed E-state index contributed by atoms with van der Waals surface area (Å²) < 4.78 is 5.35. The molecule has 0 radical (unpaired) electrons. The Labute approximate surface area is 109 Å². The van der Waals surface area contributed by atoms with Crippen LogP contribution in [0.1, 0.15) is 5.56 Å². The maximum Gasteiger partial charge on any atom is 0.0642 e. The highest BCUT2D eigenvalue weighted by Crippen LogP contribution is 2.16.